The maximum atomic E-state index is 11.7. The highest BCUT2D eigenvalue weighted by molar-refractivity contribution is 5.88. The second-order valence-corrected chi connectivity index (χ2v) is 5.98. The van der Waals surface area contributed by atoms with E-state index in [1.54, 1.807) is 0 Å². The van der Waals surface area contributed by atoms with Gasteiger partial charge in [-0.15, -0.1) is 0 Å². The van der Waals surface area contributed by atoms with Gasteiger partial charge < -0.3 is 20.7 Å². The normalized spacial score (nSPS) is 10.5. The van der Waals surface area contributed by atoms with Crippen LogP contribution in [0.5, 0.6) is 5.75 Å². The van der Waals surface area contributed by atoms with E-state index < -0.39 is 0 Å². The quantitative estimate of drug-likeness (QED) is 0.644. The number of hydrogen-bond acceptors (Lipinski definition) is 3. The first kappa shape index (κ1) is 18.6. The summed E-state index contributed by atoms with van der Waals surface area (Å²) >= 11 is 0. The zero-order valence-corrected chi connectivity index (χ0v) is 14.7. The summed E-state index contributed by atoms with van der Waals surface area (Å²) in [5, 5.41) is 10.3. The van der Waals surface area contributed by atoms with Crippen LogP contribution in [-0.2, 0) is 4.79 Å². The average Bonchev–Trinajstić information content (AvgIpc) is 2.58. The Balaban J connectivity index is 1.65. The molecule has 3 N–H and O–H groups in total. The van der Waals surface area contributed by atoms with E-state index in [1.165, 1.54) is 0 Å². The molecule has 0 radical (unpaired) electrons. The van der Waals surface area contributed by atoms with Gasteiger partial charge in [0.25, 0.3) is 0 Å². The van der Waals surface area contributed by atoms with Crippen LogP contribution in [0.3, 0.4) is 0 Å². The Kier molecular flexibility index (Phi) is 7.07. The standard InChI is InChI=1S/C19H25N3O3/c1-14(2)22-18(23)10-11-20-19(24)21-12-13-25-17-9-5-7-15-6-3-4-8-16(15)17/h3-9,14H,10-13H2,1-2H3,(H,22,23)(H2,20,21,24). The third kappa shape index (κ3) is 6.33. The molecule has 0 aliphatic rings. The van der Waals surface area contributed by atoms with Crippen molar-refractivity contribution < 1.29 is 14.3 Å². The Labute approximate surface area is 147 Å². The van der Waals surface area contributed by atoms with Gasteiger partial charge in [0.05, 0.1) is 6.54 Å². The molecule has 2 aromatic rings. The summed E-state index contributed by atoms with van der Waals surface area (Å²) in [6.07, 6.45) is 0.262. The lowest BCUT2D eigenvalue weighted by molar-refractivity contribution is -0.121. The van der Waals surface area contributed by atoms with Crippen molar-refractivity contribution in [2.45, 2.75) is 26.3 Å². The minimum atomic E-state index is -0.307. The van der Waals surface area contributed by atoms with E-state index >= 15 is 0 Å². The van der Waals surface area contributed by atoms with Crippen molar-refractivity contribution in [1.82, 2.24) is 16.0 Å². The maximum absolute atomic E-state index is 11.7. The van der Waals surface area contributed by atoms with Crippen LogP contribution in [-0.4, -0.2) is 37.7 Å². The zero-order valence-electron chi connectivity index (χ0n) is 14.7. The molecule has 0 aromatic heterocycles. The molecule has 0 saturated carbocycles. The monoisotopic (exact) mass is 343 g/mol. The molecule has 2 aromatic carbocycles. The Morgan fingerprint density at radius 3 is 2.52 bits per heavy atom. The van der Waals surface area contributed by atoms with Gasteiger partial charge in [-0.1, -0.05) is 36.4 Å². The molecular weight excluding hydrogens is 318 g/mol. The van der Waals surface area contributed by atoms with Crippen molar-refractivity contribution in [3.8, 4) is 5.75 Å². The minimum Gasteiger partial charge on any atom is -0.491 e. The third-order valence-corrected chi connectivity index (χ3v) is 3.48. The number of fused-ring (bicyclic) bond motifs is 1. The van der Waals surface area contributed by atoms with Gasteiger partial charge in [-0.3, -0.25) is 4.79 Å². The maximum Gasteiger partial charge on any atom is 0.314 e. The molecule has 0 aliphatic carbocycles. The number of amides is 3. The van der Waals surface area contributed by atoms with Crippen molar-refractivity contribution in [2.75, 3.05) is 19.7 Å². The van der Waals surface area contributed by atoms with Crippen LogP contribution in [0.4, 0.5) is 4.79 Å². The fourth-order valence-corrected chi connectivity index (χ4v) is 2.39. The third-order valence-electron chi connectivity index (χ3n) is 3.48. The molecule has 0 spiro atoms. The molecule has 0 unspecified atom stereocenters. The zero-order chi connectivity index (χ0) is 18.1. The number of ether oxygens (including phenoxy) is 1. The Hall–Kier alpha value is -2.76. The van der Waals surface area contributed by atoms with Gasteiger partial charge in [-0.2, -0.15) is 0 Å². The largest absolute Gasteiger partial charge is 0.491 e. The van der Waals surface area contributed by atoms with Crippen LogP contribution < -0.4 is 20.7 Å². The van der Waals surface area contributed by atoms with Gasteiger partial charge in [0.1, 0.15) is 12.4 Å². The summed E-state index contributed by atoms with van der Waals surface area (Å²) < 4.78 is 5.75. The fourth-order valence-electron chi connectivity index (χ4n) is 2.39. The van der Waals surface area contributed by atoms with Crippen LogP contribution in [0, 0.1) is 0 Å². The number of carbonyl (C=O) groups is 2. The van der Waals surface area contributed by atoms with E-state index in [1.807, 2.05) is 56.3 Å². The summed E-state index contributed by atoms with van der Waals surface area (Å²) in [6.45, 7) is 4.85. The Bertz CT molecular complexity index is 711. The first-order valence-corrected chi connectivity index (χ1v) is 8.48. The highest BCUT2D eigenvalue weighted by atomic mass is 16.5. The average molecular weight is 343 g/mol. The topological polar surface area (TPSA) is 79.5 Å². The molecule has 2 rings (SSSR count). The number of carbonyl (C=O) groups excluding carboxylic acids is 2. The van der Waals surface area contributed by atoms with Crippen molar-refractivity contribution in [2.24, 2.45) is 0 Å². The van der Waals surface area contributed by atoms with Gasteiger partial charge >= 0.3 is 6.03 Å². The first-order valence-electron chi connectivity index (χ1n) is 8.48. The van der Waals surface area contributed by atoms with Gasteiger partial charge in [0.15, 0.2) is 0 Å². The van der Waals surface area contributed by atoms with Crippen LogP contribution >= 0.6 is 0 Å². The molecule has 6 heteroatoms. The SMILES string of the molecule is CC(C)NC(=O)CCNC(=O)NCCOc1cccc2ccccc12. The van der Waals surface area contributed by atoms with Gasteiger partial charge in [-0.05, 0) is 25.3 Å². The molecule has 0 aliphatic heterocycles. The van der Waals surface area contributed by atoms with E-state index in [9.17, 15) is 9.59 Å². The highest BCUT2D eigenvalue weighted by Crippen LogP contribution is 2.24. The summed E-state index contributed by atoms with van der Waals surface area (Å²) in [4.78, 5) is 23.1. The lowest BCUT2D eigenvalue weighted by Crippen LogP contribution is -2.40. The van der Waals surface area contributed by atoms with E-state index in [4.69, 9.17) is 4.74 Å². The summed E-state index contributed by atoms with van der Waals surface area (Å²) in [6, 6.07) is 13.7. The molecule has 0 heterocycles. The molecule has 0 bridgehead atoms. The molecule has 134 valence electrons. The van der Waals surface area contributed by atoms with Crippen LogP contribution in [0.1, 0.15) is 20.3 Å². The lowest BCUT2D eigenvalue weighted by atomic mass is 10.1. The van der Waals surface area contributed by atoms with Crippen molar-refractivity contribution in [1.29, 1.82) is 0 Å². The molecular formula is C19H25N3O3. The molecule has 6 nitrogen and oxygen atoms in total. The van der Waals surface area contributed by atoms with E-state index in [-0.39, 0.29) is 24.4 Å². The number of benzene rings is 2. The molecule has 3 amide bonds. The number of nitrogens with one attached hydrogen (secondary N) is 3. The predicted molar refractivity (Wildman–Crippen MR) is 98.7 cm³/mol. The van der Waals surface area contributed by atoms with Crippen molar-refractivity contribution in [3.63, 3.8) is 0 Å². The van der Waals surface area contributed by atoms with Crippen LogP contribution in [0.25, 0.3) is 10.8 Å². The molecule has 0 atom stereocenters. The summed E-state index contributed by atoms with van der Waals surface area (Å²) in [7, 11) is 0. The summed E-state index contributed by atoms with van der Waals surface area (Å²) in [5.74, 6) is 0.722. The first-order chi connectivity index (χ1) is 12.1. The Morgan fingerprint density at radius 1 is 1.00 bits per heavy atom. The van der Waals surface area contributed by atoms with Gasteiger partial charge in [-0.25, -0.2) is 4.79 Å². The molecule has 0 fully saturated rings. The van der Waals surface area contributed by atoms with Gasteiger partial charge in [0, 0.05) is 24.4 Å². The number of urea groups is 1. The smallest absolute Gasteiger partial charge is 0.314 e. The van der Waals surface area contributed by atoms with Crippen LogP contribution in [0.15, 0.2) is 42.5 Å². The van der Waals surface area contributed by atoms with E-state index in [0.29, 0.717) is 19.7 Å². The van der Waals surface area contributed by atoms with E-state index in [0.717, 1.165) is 16.5 Å². The molecule has 25 heavy (non-hydrogen) atoms. The van der Waals surface area contributed by atoms with Crippen molar-refractivity contribution >= 4 is 22.7 Å². The van der Waals surface area contributed by atoms with Crippen molar-refractivity contribution in [3.05, 3.63) is 42.5 Å². The predicted octanol–water partition coefficient (Wildman–Crippen LogP) is 2.43. The minimum absolute atomic E-state index is 0.0745. The molecule has 0 saturated heterocycles. The summed E-state index contributed by atoms with van der Waals surface area (Å²) in [5.41, 5.74) is 0. The number of hydrogen-bond donors (Lipinski definition) is 3. The van der Waals surface area contributed by atoms with Gasteiger partial charge in [0.2, 0.25) is 5.91 Å². The Morgan fingerprint density at radius 2 is 1.72 bits per heavy atom. The van der Waals surface area contributed by atoms with E-state index in [2.05, 4.69) is 16.0 Å². The highest BCUT2D eigenvalue weighted by Gasteiger charge is 2.05. The number of rotatable bonds is 8. The second-order valence-electron chi connectivity index (χ2n) is 5.98. The fraction of sp³-hybridized carbons (Fsp3) is 0.368. The lowest BCUT2D eigenvalue weighted by Gasteiger charge is -2.11. The second kappa shape index (κ2) is 9.52. The van der Waals surface area contributed by atoms with Crippen LogP contribution in [0.2, 0.25) is 0 Å².